The highest BCUT2D eigenvalue weighted by molar-refractivity contribution is 7.92. The average molecular weight is 350 g/mol. The number of amides is 1. The van der Waals surface area contributed by atoms with Gasteiger partial charge in [-0.2, -0.15) is 4.98 Å². The summed E-state index contributed by atoms with van der Waals surface area (Å²) in [5, 5.41) is 6.46. The van der Waals surface area contributed by atoms with Crippen LogP contribution in [0.4, 0.5) is 11.4 Å². The Morgan fingerprint density at radius 1 is 1.42 bits per heavy atom. The number of nitrogens with one attached hydrogen (secondary N) is 1. The molecule has 24 heavy (non-hydrogen) atoms. The Bertz CT molecular complexity index is 875. The molecule has 1 aliphatic rings. The molecule has 0 atom stereocenters. The summed E-state index contributed by atoms with van der Waals surface area (Å²) in [7, 11) is -3.29. The fraction of sp³-hybridized carbons (Fsp3) is 0.400. The van der Waals surface area contributed by atoms with E-state index in [-0.39, 0.29) is 12.3 Å². The van der Waals surface area contributed by atoms with Crippen molar-refractivity contribution in [2.75, 3.05) is 22.4 Å². The number of hydrogen-bond donors (Lipinski definition) is 1. The molecule has 8 nitrogen and oxygen atoms in total. The lowest BCUT2D eigenvalue weighted by molar-refractivity contribution is -0.115. The molecule has 1 amide bonds. The van der Waals surface area contributed by atoms with E-state index in [0.717, 1.165) is 18.4 Å². The second-order valence-corrected chi connectivity index (χ2v) is 7.64. The van der Waals surface area contributed by atoms with Crippen LogP contribution in [0.15, 0.2) is 22.7 Å². The van der Waals surface area contributed by atoms with Crippen LogP contribution < -0.4 is 9.62 Å². The molecule has 0 fully saturated rings. The van der Waals surface area contributed by atoms with Gasteiger partial charge in [0.2, 0.25) is 21.8 Å². The van der Waals surface area contributed by atoms with Gasteiger partial charge < -0.3 is 9.84 Å². The first-order valence-corrected chi connectivity index (χ1v) is 9.37. The molecule has 2 heterocycles. The van der Waals surface area contributed by atoms with Gasteiger partial charge in [0.15, 0.2) is 5.82 Å². The zero-order valence-electron chi connectivity index (χ0n) is 13.4. The summed E-state index contributed by atoms with van der Waals surface area (Å²) in [6.07, 6.45) is 2.74. The molecule has 0 unspecified atom stereocenters. The van der Waals surface area contributed by atoms with E-state index in [0.29, 0.717) is 29.6 Å². The Balaban J connectivity index is 1.75. The van der Waals surface area contributed by atoms with Gasteiger partial charge in [0.1, 0.15) is 0 Å². The van der Waals surface area contributed by atoms with Crippen molar-refractivity contribution in [2.24, 2.45) is 0 Å². The Morgan fingerprint density at radius 3 is 2.88 bits per heavy atom. The van der Waals surface area contributed by atoms with Crippen molar-refractivity contribution in [3.05, 3.63) is 35.5 Å². The number of anilines is 2. The number of fused-ring (bicyclic) bond motifs is 1. The lowest BCUT2D eigenvalue weighted by atomic mass is 10.0. The largest absolute Gasteiger partial charge is 0.340 e. The topological polar surface area (TPSA) is 105 Å². The molecule has 0 radical (unpaired) electrons. The van der Waals surface area contributed by atoms with Gasteiger partial charge in [0.25, 0.3) is 0 Å². The Kier molecular flexibility index (Phi) is 4.27. The second kappa shape index (κ2) is 6.23. The standard InChI is InChI=1S/C15H18N4O4S/c1-10-16-14(18-23-10)9-15(20)17-12-5-6-13-11(8-12)4-3-7-19(13)24(2,21)22/h5-6,8H,3-4,7,9H2,1-2H3,(H,17,20). The van der Waals surface area contributed by atoms with Crippen LogP contribution in [0.2, 0.25) is 0 Å². The summed E-state index contributed by atoms with van der Waals surface area (Å²) in [5.41, 5.74) is 2.20. The number of carbonyl (C=O) groups excluding carboxylic acids is 1. The summed E-state index contributed by atoms with van der Waals surface area (Å²) >= 11 is 0. The number of aryl methyl sites for hydroxylation is 2. The van der Waals surface area contributed by atoms with Gasteiger partial charge in [-0.3, -0.25) is 9.10 Å². The Morgan fingerprint density at radius 2 is 2.21 bits per heavy atom. The first kappa shape index (κ1) is 16.4. The van der Waals surface area contributed by atoms with Gasteiger partial charge in [-0.25, -0.2) is 8.42 Å². The maximum absolute atomic E-state index is 12.0. The zero-order valence-corrected chi connectivity index (χ0v) is 14.3. The maximum atomic E-state index is 12.0. The minimum atomic E-state index is -3.29. The van der Waals surface area contributed by atoms with E-state index in [1.807, 2.05) is 6.07 Å². The van der Waals surface area contributed by atoms with Crippen LogP contribution in [0.3, 0.4) is 0 Å². The summed E-state index contributed by atoms with van der Waals surface area (Å²) in [5.74, 6) is 0.477. The van der Waals surface area contributed by atoms with Gasteiger partial charge in [-0.15, -0.1) is 0 Å². The number of hydrogen-bond acceptors (Lipinski definition) is 6. The molecular weight excluding hydrogens is 332 g/mol. The van der Waals surface area contributed by atoms with Gasteiger partial charge >= 0.3 is 0 Å². The Hall–Kier alpha value is -2.42. The zero-order chi connectivity index (χ0) is 17.3. The van der Waals surface area contributed by atoms with Crippen LogP contribution in [0, 0.1) is 6.92 Å². The molecular formula is C15H18N4O4S. The fourth-order valence-electron chi connectivity index (χ4n) is 2.75. The van der Waals surface area contributed by atoms with Gasteiger partial charge in [0.05, 0.1) is 18.4 Å². The third-order valence-electron chi connectivity index (χ3n) is 3.73. The van der Waals surface area contributed by atoms with E-state index in [1.54, 1.807) is 19.1 Å². The lowest BCUT2D eigenvalue weighted by Gasteiger charge is -2.29. The predicted octanol–water partition coefficient (Wildman–Crippen LogP) is 1.27. The minimum Gasteiger partial charge on any atom is -0.340 e. The number of nitrogens with zero attached hydrogens (tertiary/aromatic N) is 3. The van der Waals surface area contributed by atoms with Gasteiger partial charge in [-0.05, 0) is 36.6 Å². The Labute approximate surface area is 139 Å². The summed E-state index contributed by atoms with van der Waals surface area (Å²) in [4.78, 5) is 16.0. The highest BCUT2D eigenvalue weighted by atomic mass is 32.2. The number of sulfonamides is 1. The third-order valence-corrected chi connectivity index (χ3v) is 4.91. The highest BCUT2D eigenvalue weighted by Crippen LogP contribution is 2.31. The van der Waals surface area contributed by atoms with Crippen molar-refractivity contribution in [3.63, 3.8) is 0 Å². The van der Waals surface area contributed by atoms with Crippen LogP contribution in [0.1, 0.15) is 23.7 Å². The van der Waals surface area contributed by atoms with Crippen molar-refractivity contribution in [1.82, 2.24) is 10.1 Å². The van der Waals surface area contributed by atoms with E-state index >= 15 is 0 Å². The van der Waals surface area contributed by atoms with E-state index in [1.165, 1.54) is 10.6 Å². The van der Waals surface area contributed by atoms with Gasteiger partial charge in [-0.1, -0.05) is 5.16 Å². The molecule has 0 saturated carbocycles. The summed E-state index contributed by atoms with van der Waals surface area (Å²) < 4.78 is 29.9. The third kappa shape index (κ3) is 3.56. The lowest BCUT2D eigenvalue weighted by Crippen LogP contribution is -2.34. The maximum Gasteiger partial charge on any atom is 0.232 e. The van der Waals surface area contributed by atoms with E-state index in [4.69, 9.17) is 4.52 Å². The minimum absolute atomic E-state index is 0.0177. The van der Waals surface area contributed by atoms with Crippen molar-refractivity contribution >= 4 is 27.3 Å². The summed E-state index contributed by atoms with van der Waals surface area (Å²) in [6, 6.07) is 5.23. The molecule has 0 spiro atoms. The molecule has 3 rings (SSSR count). The predicted molar refractivity (Wildman–Crippen MR) is 88.3 cm³/mol. The van der Waals surface area contributed by atoms with E-state index < -0.39 is 10.0 Å². The average Bonchev–Trinajstić information content (AvgIpc) is 2.90. The molecule has 0 bridgehead atoms. The van der Waals surface area contributed by atoms with Crippen molar-refractivity contribution in [2.45, 2.75) is 26.2 Å². The molecule has 1 aromatic carbocycles. The molecule has 9 heteroatoms. The van der Waals surface area contributed by atoms with Crippen LogP contribution in [0.5, 0.6) is 0 Å². The molecule has 128 valence electrons. The number of carbonyl (C=O) groups is 1. The molecule has 0 saturated heterocycles. The number of benzene rings is 1. The quantitative estimate of drug-likeness (QED) is 0.890. The van der Waals surface area contributed by atoms with E-state index in [9.17, 15) is 13.2 Å². The van der Waals surface area contributed by atoms with Crippen LogP contribution in [-0.2, 0) is 27.7 Å². The van der Waals surface area contributed by atoms with Crippen molar-refractivity contribution < 1.29 is 17.7 Å². The molecule has 2 aromatic rings. The number of rotatable bonds is 4. The number of aromatic nitrogens is 2. The first-order valence-electron chi connectivity index (χ1n) is 7.52. The first-order chi connectivity index (χ1) is 11.3. The van der Waals surface area contributed by atoms with Gasteiger partial charge in [0, 0.05) is 19.2 Å². The monoisotopic (exact) mass is 350 g/mol. The van der Waals surface area contributed by atoms with Crippen LogP contribution in [-0.4, -0.2) is 37.3 Å². The molecule has 0 aliphatic carbocycles. The highest BCUT2D eigenvalue weighted by Gasteiger charge is 2.24. The smallest absolute Gasteiger partial charge is 0.232 e. The van der Waals surface area contributed by atoms with Crippen molar-refractivity contribution in [3.8, 4) is 0 Å². The molecule has 1 N–H and O–H groups in total. The van der Waals surface area contributed by atoms with E-state index in [2.05, 4.69) is 15.5 Å². The van der Waals surface area contributed by atoms with Crippen LogP contribution >= 0.6 is 0 Å². The molecule has 1 aliphatic heterocycles. The second-order valence-electron chi connectivity index (χ2n) is 5.74. The van der Waals surface area contributed by atoms with Crippen molar-refractivity contribution in [1.29, 1.82) is 0 Å². The summed E-state index contributed by atoms with van der Waals surface area (Å²) in [6.45, 7) is 2.14. The van der Waals surface area contributed by atoms with Crippen LogP contribution in [0.25, 0.3) is 0 Å². The molecule has 1 aromatic heterocycles. The SMILES string of the molecule is Cc1nc(CC(=O)Nc2ccc3c(c2)CCCN3S(C)(=O)=O)no1. The normalized spacial score (nSPS) is 14.3. The fourth-order valence-corrected chi connectivity index (χ4v) is 3.74.